The van der Waals surface area contributed by atoms with Crippen molar-refractivity contribution >= 4 is 24.0 Å². The summed E-state index contributed by atoms with van der Waals surface area (Å²) in [6.45, 7) is 0.813. The fourth-order valence-electron chi connectivity index (χ4n) is 2.76. The molecule has 1 heterocycles. The third kappa shape index (κ3) is 3.24. The standard InChI is InChI=1S/C16H16ClNO3.ClH/c17-12-5-9(1-2-14(12)19)6-13-11-8-16(21)15(20)7-10(11)3-4-18-13;/h1-2,5,7-8,13,18-21H,3-4,6H2;1H. The highest BCUT2D eigenvalue weighted by Gasteiger charge is 2.22. The van der Waals surface area contributed by atoms with Gasteiger partial charge in [-0.25, -0.2) is 0 Å². The molecule has 0 bridgehead atoms. The van der Waals surface area contributed by atoms with Crippen molar-refractivity contribution in [1.82, 2.24) is 5.32 Å². The molecule has 1 aliphatic rings. The molecule has 0 spiro atoms. The zero-order chi connectivity index (χ0) is 15.0. The molecule has 0 aliphatic carbocycles. The van der Waals surface area contributed by atoms with E-state index in [1.165, 1.54) is 0 Å². The number of benzene rings is 2. The Balaban J connectivity index is 0.00000176. The molecule has 2 aromatic rings. The minimum absolute atomic E-state index is 0. The van der Waals surface area contributed by atoms with Crippen molar-refractivity contribution in [3.63, 3.8) is 0 Å². The van der Waals surface area contributed by atoms with E-state index in [-0.39, 0.29) is 35.7 Å². The molecule has 1 atom stereocenters. The van der Waals surface area contributed by atoms with Gasteiger partial charge in [0.2, 0.25) is 0 Å². The Morgan fingerprint density at radius 2 is 1.77 bits per heavy atom. The first kappa shape index (κ1) is 16.7. The molecule has 0 amide bonds. The number of phenols is 3. The van der Waals surface area contributed by atoms with Crippen LogP contribution in [0, 0.1) is 0 Å². The van der Waals surface area contributed by atoms with Crippen LogP contribution in [-0.2, 0) is 12.8 Å². The molecule has 1 aliphatic heterocycles. The molecule has 4 N–H and O–H groups in total. The quantitative estimate of drug-likeness (QED) is 0.632. The van der Waals surface area contributed by atoms with Gasteiger partial charge in [0.1, 0.15) is 5.75 Å². The molecule has 0 fully saturated rings. The van der Waals surface area contributed by atoms with Crippen LogP contribution in [0.25, 0.3) is 0 Å². The normalized spacial score (nSPS) is 16.7. The largest absolute Gasteiger partial charge is 0.506 e. The van der Waals surface area contributed by atoms with E-state index in [0.717, 1.165) is 29.7 Å². The molecule has 22 heavy (non-hydrogen) atoms. The Hall–Kier alpha value is -1.62. The Labute approximate surface area is 139 Å². The maximum atomic E-state index is 9.71. The smallest absolute Gasteiger partial charge is 0.157 e. The summed E-state index contributed by atoms with van der Waals surface area (Å²) < 4.78 is 0. The summed E-state index contributed by atoms with van der Waals surface area (Å²) >= 11 is 5.93. The molecule has 4 nitrogen and oxygen atoms in total. The molecule has 2 aromatic carbocycles. The maximum Gasteiger partial charge on any atom is 0.157 e. The summed E-state index contributed by atoms with van der Waals surface area (Å²) in [6.07, 6.45) is 1.51. The minimum atomic E-state index is -0.105. The first-order valence-corrected chi connectivity index (χ1v) is 7.18. The number of hydrogen-bond donors (Lipinski definition) is 4. The van der Waals surface area contributed by atoms with Gasteiger partial charge in [-0.3, -0.25) is 0 Å². The van der Waals surface area contributed by atoms with E-state index in [2.05, 4.69) is 5.32 Å². The van der Waals surface area contributed by atoms with E-state index in [0.29, 0.717) is 11.4 Å². The number of aromatic hydroxyl groups is 3. The summed E-state index contributed by atoms with van der Waals surface area (Å²) in [7, 11) is 0. The van der Waals surface area contributed by atoms with Crippen LogP contribution in [0.4, 0.5) is 0 Å². The van der Waals surface area contributed by atoms with Crippen LogP contribution in [0.5, 0.6) is 17.2 Å². The van der Waals surface area contributed by atoms with Gasteiger partial charge in [0, 0.05) is 6.04 Å². The van der Waals surface area contributed by atoms with Crippen LogP contribution >= 0.6 is 24.0 Å². The predicted molar refractivity (Wildman–Crippen MR) is 88.3 cm³/mol. The van der Waals surface area contributed by atoms with E-state index in [4.69, 9.17) is 11.6 Å². The van der Waals surface area contributed by atoms with E-state index in [9.17, 15) is 15.3 Å². The van der Waals surface area contributed by atoms with Gasteiger partial charge in [-0.05, 0) is 60.3 Å². The molecule has 0 aromatic heterocycles. The molecule has 1 unspecified atom stereocenters. The topological polar surface area (TPSA) is 72.7 Å². The molecule has 0 saturated carbocycles. The van der Waals surface area contributed by atoms with Gasteiger partial charge in [0.05, 0.1) is 5.02 Å². The highest BCUT2D eigenvalue weighted by molar-refractivity contribution is 6.32. The lowest BCUT2D eigenvalue weighted by Crippen LogP contribution is -2.31. The Morgan fingerprint density at radius 1 is 1.05 bits per heavy atom. The average molecular weight is 342 g/mol. The predicted octanol–water partition coefficient (Wildman–Crippen LogP) is 3.31. The van der Waals surface area contributed by atoms with E-state index in [1.807, 2.05) is 6.07 Å². The molecular weight excluding hydrogens is 325 g/mol. The second kappa shape index (κ2) is 6.65. The zero-order valence-electron chi connectivity index (χ0n) is 11.7. The lowest BCUT2D eigenvalue weighted by molar-refractivity contribution is 0.398. The van der Waals surface area contributed by atoms with Crippen LogP contribution in [0.1, 0.15) is 22.7 Å². The van der Waals surface area contributed by atoms with Crippen molar-refractivity contribution in [2.24, 2.45) is 0 Å². The van der Waals surface area contributed by atoms with Gasteiger partial charge in [0.15, 0.2) is 11.5 Å². The molecular formula is C16H17Cl2NO3. The highest BCUT2D eigenvalue weighted by atomic mass is 35.5. The Morgan fingerprint density at radius 3 is 2.50 bits per heavy atom. The van der Waals surface area contributed by atoms with Gasteiger partial charge in [0.25, 0.3) is 0 Å². The number of phenolic OH excluding ortho intramolecular Hbond substituents is 3. The lowest BCUT2D eigenvalue weighted by Gasteiger charge is -2.27. The van der Waals surface area contributed by atoms with Crippen molar-refractivity contribution in [1.29, 1.82) is 0 Å². The molecule has 118 valence electrons. The SMILES string of the molecule is Cl.Oc1cc2c(cc1O)C(Cc1ccc(O)c(Cl)c1)NCC2. The molecule has 0 saturated heterocycles. The van der Waals surface area contributed by atoms with Gasteiger partial charge in [-0.15, -0.1) is 12.4 Å². The second-order valence-electron chi connectivity index (χ2n) is 5.29. The van der Waals surface area contributed by atoms with Crippen LogP contribution in [0.15, 0.2) is 30.3 Å². The fraction of sp³-hybridized carbons (Fsp3) is 0.250. The lowest BCUT2D eigenvalue weighted by atomic mass is 9.90. The third-order valence-corrected chi connectivity index (χ3v) is 4.15. The van der Waals surface area contributed by atoms with Crippen LogP contribution in [0.2, 0.25) is 5.02 Å². The van der Waals surface area contributed by atoms with Crippen molar-refractivity contribution in [2.75, 3.05) is 6.54 Å². The van der Waals surface area contributed by atoms with E-state index < -0.39 is 0 Å². The van der Waals surface area contributed by atoms with Gasteiger partial charge < -0.3 is 20.6 Å². The number of halogens is 2. The van der Waals surface area contributed by atoms with Crippen molar-refractivity contribution < 1.29 is 15.3 Å². The monoisotopic (exact) mass is 341 g/mol. The third-order valence-electron chi connectivity index (χ3n) is 3.85. The Bertz CT molecular complexity index is 691. The van der Waals surface area contributed by atoms with E-state index >= 15 is 0 Å². The summed E-state index contributed by atoms with van der Waals surface area (Å²) in [4.78, 5) is 0. The van der Waals surface area contributed by atoms with Crippen LogP contribution in [0.3, 0.4) is 0 Å². The summed E-state index contributed by atoms with van der Waals surface area (Å²) in [6, 6.07) is 8.44. The van der Waals surface area contributed by atoms with Crippen molar-refractivity contribution in [3.8, 4) is 17.2 Å². The van der Waals surface area contributed by atoms with Gasteiger partial charge in [-0.2, -0.15) is 0 Å². The summed E-state index contributed by atoms with van der Waals surface area (Å²) in [5, 5.41) is 32.5. The minimum Gasteiger partial charge on any atom is -0.506 e. The Kier molecular flexibility index (Phi) is 5.06. The highest BCUT2D eigenvalue weighted by Crippen LogP contribution is 2.35. The van der Waals surface area contributed by atoms with Crippen LogP contribution in [-0.4, -0.2) is 21.9 Å². The number of nitrogens with one attached hydrogen (secondary N) is 1. The fourth-order valence-corrected chi connectivity index (χ4v) is 2.97. The molecule has 3 rings (SSSR count). The van der Waals surface area contributed by atoms with E-state index in [1.54, 1.807) is 24.3 Å². The number of hydrogen-bond acceptors (Lipinski definition) is 4. The first-order chi connectivity index (χ1) is 10.0. The van der Waals surface area contributed by atoms with Crippen molar-refractivity contribution in [3.05, 3.63) is 52.0 Å². The average Bonchev–Trinajstić information content (AvgIpc) is 2.45. The second-order valence-corrected chi connectivity index (χ2v) is 5.69. The summed E-state index contributed by atoms with van der Waals surface area (Å²) in [5.41, 5.74) is 3.02. The first-order valence-electron chi connectivity index (χ1n) is 6.80. The van der Waals surface area contributed by atoms with Gasteiger partial charge in [-0.1, -0.05) is 17.7 Å². The van der Waals surface area contributed by atoms with Gasteiger partial charge >= 0.3 is 0 Å². The van der Waals surface area contributed by atoms with Crippen molar-refractivity contribution in [2.45, 2.75) is 18.9 Å². The molecule has 0 radical (unpaired) electrons. The van der Waals surface area contributed by atoms with Crippen LogP contribution < -0.4 is 5.32 Å². The molecule has 6 heteroatoms. The number of rotatable bonds is 2. The summed E-state index contributed by atoms with van der Waals surface area (Å²) in [5.74, 6) is -0.117. The number of fused-ring (bicyclic) bond motifs is 1. The maximum absolute atomic E-state index is 9.71. The zero-order valence-corrected chi connectivity index (χ0v) is 13.3.